The molecule has 0 amide bonds. The van der Waals surface area contributed by atoms with Crippen LogP contribution >= 0.6 is 23.2 Å². The molecule has 1 fully saturated rings. The highest BCUT2D eigenvalue weighted by atomic mass is 35.5. The van der Waals surface area contributed by atoms with E-state index in [0.29, 0.717) is 0 Å². The van der Waals surface area contributed by atoms with Crippen molar-refractivity contribution in [2.45, 2.75) is 22.8 Å². The van der Waals surface area contributed by atoms with E-state index in [-0.39, 0.29) is 0 Å². The second-order valence-electron chi connectivity index (χ2n) is 3.85. The molecule has 1 unspecified atom stereocenters. The van der Waals surface area contributed by atoms with E-state index >= 15 is 0 Å². The molecule has 0 bridgehead atoms. The van der Waals surface area contributed by atoms with Gasteiger partial charge in [-0.25, -0.2) is 4.79 Å². The van der Waals surface area contributed by atoms with Crippen molar-refractivity contribution in [1.29, 1.82) is 0 Å². The zero-order valence-corrected chi connectivity index (χ0v) is 10.4. The van der Waals surface area contributed by atoms with Gasteiger partial charge in [-0.3, -0.25) is 14.3 Å². The Labute approximate surface area is 111 Å². The number of ether oxygens (including phenoxy) is 1. The summed E-state index contributed by atoms with van der Waals surface area (Å²) in [5, 5.41) is 18.8. The molecule has 3 atom stereocenters. The van der Waals surface area contributed by atoms with Crippen LogP contribution in [0.3, 0.4) is 0 Å². The van der Waals surface area contributed by atoms with Gasteiger partial charge in [0.1, 0.15) is 12.2 Å². The molecule has 1 aromatic rings. The lowest BCUT2D eigenvalue weighted by molar-refractivity contribution is -0.0462. The molecule has 100 valence electrons. The Morgan fingerprint density at radius 2 is 2.17 bits per heavy atom. The first kappa shape index (κ1) is 13.6. The zero-order valence-electron chi connectivity index (χ0n) is 8.92. The van der Waals surface area contributed by atoms with Crippen LogP contribution in [0.5, 0.6) is 0 Å². The van der Waals surface area contributed by atoms with E-state index in [1.54, 1.807) is 0 Å². The van der Waals surface area contributed by atoms with E-state index in [1.165, 1.54) is 0 Å². The minimum absolute atomic E-state index is 0.503. The highest BCUT2D eigenvalue weighted by molar-refractivity contribution is 6.49. The molecule has 2 rings (SSSR count). The Hall–Kier alpha value is -0.860. The number of nitrogens with one attached hydrogen (secondary N) is 1. The molecule has 1 saturated heterocycles. The predicted octanol–water partition coefficient (Wildman–Crippen LogP) is -1.04. The third-order valence-electron chi connectivity index (χ3n) is 2.66. The van der Waals surface area contributed by atoms with Gasteiger partial charge in [0.2, 0.25) is 0 Å². The predicted molar refractivity (Wildman–Crippen MR) is 62.8 cm³/mol. The Bertz CT molecular complexity index is 554. The first-order valence-electron chi connectivity index (χ1n) is 5.01. The smallest absolute Gasteiger partial charge is 0.330 e. The third kappa shape index (κ3) is 2.08. The van der Waals surface area contributed by atoms with E-state index in [4.69, 9.17) is 33.0 Å². The highest BCUT2D eigenvalue weighted by Gasteiger charge is 2.55. The van der Waals surface area contributed by atoms with Gasteiger partial charge in [0, 0.05) is 12.3 Å². The van der Waals surface area contributed by atoms with Crippen LogP contribution in [0.2, 0.25) is 0 Å². The fourth-order valence-corrected chi connectivity index (χ4v) is 2.32. The standard InChI is InChI=1S/C9H10Cl2N2O5/c10-9(11)6(16)4(3-14)18-7(9)13-2-1-5(15)12-8(13)17/h1-2,4,6-7,14,16H,3H2,(H,12,15,17)/t4-,6-,7?/m1/s1. The fourth-order valence-electron chi connectivity index (χ4n) is 1.73. The van der Waals surface area contributed by atoms with Crippen LogP contribution in [0.4, 0.5) is 0 Å². The topological polar surface area (TPSA) is 105 Å². The normalized spacial score (nSPS) is 30.6. The maximum absolute atomic E-state index is 11.6. The molecule has 0 aromatic carbocycles. The molecule has 1 aromatic heterocycles. The van der Waals surface area contributed by atoms with E-state index in [0.717, 1.165) is 16.8 Å². The van der Waals surface area contributed by atoms with Gasteiger partial charge < -0.3 is 14.9 Å². The van der Waals surface area contributed by atoms with E-state index in [9.17, 15) is 14.7 Å². The summed E-state index contributed by atoms with van der Waals surface area (Å²) in [6.07, 6.45) is -2.44. The Morgan fingerprint density at radius 1 is 1.50 bits per heavy atom. The van der Waals surface area contributed by atoms with Gasteiger partial charge >= 0.3 is 5.69 Å². The van der Waals surface area contributed by atoms with Gasteiger partial charge in [0.25, 0.3) is 5.56 Å². The second-order valence-corrected chi connectivity index (χ2v) is 5.29. The van der Waals surface area contributed by atoms with Crippen molar-refractivity contribution < 1.29 is 14.9 Å². The number of hydrogen-bond donors (Lipinski definition) is 3. The van der Waals surface area contributed by atoms with Crippen LogP contribution < -0.4 is 11.2 Å². The number of aromatic amines is 1. The Balaban J connectivity index is 2.45. The summed E-state index contributed by atoms with van der Waals surface area (Å²) in [6, 6.07) is 1.09. The van der Waals surface area contributed by atoms with Crippen molar-refractivity contribution >= 4 is 23.2 Å². The number of aromatic nitrogens is 2. The van der Waals surface area contributed by atoms with Crippen LogP contribution in [0.15, 0.2) is 21.9 Å². The molecular formula is C9H10Cl2N2O5. The number of H-pyrrole nitrogens is 1. The molecule has 3 N–H and O–H groups in total. The summed E-state index contributed by atoms with van der Waals surface area (Å²) in [5.74, 6) is 0. The highest BCUT2D eigenvalue weighted by Crippen LogP contribution is 2.45. The van der Waals surface area contributed by atoms with Gasteiger partial charge in [-0.15, -0.1) is 0 Å². The molecule has 7 nitrogen and oxygen atoms in total. The summed E-state index contributed by atoms with van der Waals surface area (Å²) in [4.78, 5) is 24.5. The van der Waals surface area contributed by atoms with E-state index < -0.39 is 40.6 Å². The van der Waals surface area contributed by atoms with Crippen molar-refractivity contribution in [3.05, 3.63) is 33.1 Å². The third-order valence-corrected chi connectivity index (χ3v) is 3.48. The van der Waals surface area contributed by atoms with Gasteiger partial charge in [-0.2, -0.15) is 0 Å². The van der Waals surface area contributed by atoms with Gasteiger partial charge in [0.15, 0.2) is 10.6 Å². The van der Waals surface area contributed by atoms with Crippen LogP contribution in [-0.2, 0) is 4.74 Å². The van der Waals surface area contributed by atoms with Crippen molar-refractivity contribution in [3.63, 3.8) is 0 Å². The molecule has 0 aliphatic carbocycles. The number of hydrogen-bond acceptors (Lipinski definition) is 5. The quantitative estimate of drug-likeness (QED) is 0.605. The molecule has 0 spiro atoms. The Kier molecular flexibility index (Phi) is 3.52. The maximum atomic E-state index is 11.6. The van der Waals surface area contributed by atoms with Crippen molar-refractivity contribution in [1.82, 2.24) is 9.55 Å². The number of alkyl halides is 2. The molecule has 0 saturated carbocycles. The van der Waals surface area contributed by atoms with Crippen LogP contribution in [0, 0.1) is 0 Å². The largest absolute Gasteiger partial charge is 0.394 e. The number of aliphatic hydroxyl groups excluding tert-OH is 2. The lowest BCUT2D eigenvalue weighted by Crippen LogP contribution is -2.41. The summed E-state index contributed by atoms with van der Waals surface area (Å²) >= 11 is 11.9. The van der Waals surface area contributed by atoms with Gasteiger partial charge in [-0.1, -0.05) is 23.2 Å². The molecule has 1 aliphatic heterocycles. The minimum atomic E-state index is -1.81. The zero-order chi connectivity index (χ0) is 13.5. The van der Waals surface area contributed by atoms with Crippen molar-refractivity contribution in [2.75, 3.05) is 6.61 Å². The first-order chi connectivity index (χ1) is 8.37. The fraction of sp³-hybridized carbons (Fsp3) is 0.556. The monoisotopic (exact) mass is 296 g/mol. The van der Waals surface area contributed by atoms with Crippen molar-refractivity contribution in [3.8, 4) is 0 Å². The van der Waals surface area contributed by atoms with E-state index in [1.807, 2.05) is 4.98 Å². The number of aliphatic hydroxyl groups is 2. The number of nitrogens with zero attached hydrogens (tertiary/aromatic N) is 1. The van der Waals surface area contributed by atoms with E-state index in [2.05, 4.69) is 0 Å². The SMILES string of the molecule is O=c1ccn(C2O[C@H](CO)[C@@H](O)C2(Cl)Cl)c(=O)[nH]1. The summed E-state index contributed by atoms with van der Waals surface area (Å²) in [7, 11) is 0. The molecule has 18 heavy (non-hydrogen) atoms. The average molecular weight is 297 g/mol. The second kappa shape index (κ2) is 4.67. The summed E-state index contributed by atoms with van der Waals surface area (Å²) < 4.78 is 4.36. The lowest BCUT2D eigenvalue weighted by atomic mass is 10.2. The van der Waals surface area contributed by atoms with Crippen LogP contribution in [0.1, 0.15) is 6.23 Å². The molecule has 9 heteroatoms. The number of halogens is 2. The maximum Gasteiger partial charge on any atom is 0.330 e. The van der Waals surface area contributed by atoms with Crippen LogP contribution in [-0.4, -0.2) is 42.9 Å². The Morgan fingerprint density at radius 3 is 2.67 bits per heavy atom. The lowest BCUT2D eigenvalue weighted by Gasteiger charge is -2.23. The molecule has 1 aliphatic rings. The molecular weight excluding hydrogens is 287 g/mol. The average Bonchev–Trinajstić information content (AvgIpc) is 2.52. The van der Waals surface area contributed by atoms with Crippen LogP contribution in [0.25, 0.3) is 0 Å². The summed E-state index contributed by atoms with van der Waals surface area (Å²) in [6.45, 7) is -0.503. The van der Waals surface area contributed by atoms with Gasteiger partial charge in [0.05, 0.1) is 6.61 Å². The minimum Gasteiger partial charge on any atom is -0.394 e. The van der Waals surface area contributed by atoms with Crippen molar-refractivity contribution in [2.24, 2.45) is 0 Å². The van der Waals surface area contributed by atoms with Gasteiger partial charge in [-0.05, 0) is 0 Å². The summed E-state index contributed by atoms with van der Waals surface area (Å²) in [5.41, 5.74) is -1.35. The number of rotatable bonds is 2. The first-order valence-corrected chi connectivity index (χ1v) is 5.77. The molecule has 0 radical (unpaired) electrons. The molecule has 2 heterocycles.